The lowest BCUT2D eigenvalue weighted by Gasteiger charge is -2.42. The zero-order valence-electron chi connectivity index (χ0n) is 15.1. The summed E-state index contributed by atoms with van der Waals surface area (Å²) in [4.78, 5) is 19.0. The van der Waals surface area contributed by atoms with Gasteiger partial charge in [0.05, 0.1) is 12.1 Å². The van der Waals surface area contributed by atoms with Gasteiger partial charge in [-0.1, -0.05) is 25.4 Å². The molecule has 26 heavy (non-hydrogen) atoms. The number of nitrogens with two attached hydrogens (primary N) is 1. The molecule has 0 radical (unpaired) electrons. The number of ether oxygens (including phenoxy) is 1. The van der Waals surface area contributed by atoms with Gasteiger partial charge < -0.3 is 15.4 Å². The lowest BCUT2D eigenvalue weighted by molar-refractivity contribution is -0.133. The number of rotatable bonds is 5. The Hall–Kier alpha value is -1.63. The molecule has 0 saturated carbocycles. The van der Waals surface area contributed by atoms with Crippen LogP contribution in [-0.2, 0) is 17.8 Å². The number of piperidine rings is 1. The molecule has 0 bridgehead atoms. The molecule has 1 aromatic heterocycles. The van der Waals surface area contributed by atoms with Gasteiger partial charge in [-0.3, -0.25) is 4.79 Å². The second-order valence-electron chi connectivity index (χ2n) is 7.35. The molecule has 1 saturated heterocycles. The highest BCUT2D eigenvalue weighted by Crippen LogP contribution is 2.28. The lowest BCUT2D eigenvalue weighted by atomic mass is 9.79. The summed E-state index contributed by atoms with van der Waals surface area (Å²) in [6, 6.07) is 7.36. The number of likely N-dealkylation sites (tertiary alicyclic amines) is 1. The number of nitrogens with zero attached hydrogens (tertiary/aromatic N) is 2. The van der Waals surface area contributed by atoms with E-state index in [1.807, 2.05) is 22.4 Å². The predicted octanol–water partition coefficient (Wildman–Crippen LogP) is 3.50. The highest BCUT2D eigenvalue weighted by Gasteiger charge is 2.35. The fourth-order valence-corrected chi connectivity index (χ4v) is 3.86. The van der Waals surface area contributed by atoms with Crippen LogP contribution in [0.15, 0.2) is 29.6 Å². The molecule has 1 atom stereocenters. The molecule has 1 aliphatic heterocycles. The molecule has 2 heterocycles. The van der Waals surface area contributed by atoms with E-state index in [0.29, 0.717) is 24.6 Å². The van der Waals surface area contributed by atoms with Crippen molar-refractivity contribution < 1.29 is 9.53 Å². The molecule has 3 rings (SSSR count). The maximum atomic E-state index is 12.6. The summed E-state index contributed by atoms with van der Waals surface area (Å²) < 4.78 is 5.70. The second-order valence-corrected chi connectivity index (χ2v) is 8.73. The first-order valence-corrected chi connectivity index (χ1v) is 9.94. The van der Waals surface area contributed by atoms with Crippen LogP contribution in [0.2, 0.25) is 5.02 Å². The molecule has 2 N–H and O–H groups in total. The summed E-state index contributed by atoms with van der Waals surface area (Å²) >= 11 is 7.37. The van der Waals surface area contributed by atoms with Crippen molar-refractivity contribution >= 4 is 28.8 Å². The van der Waals surface area contributed by atoms with E-state index in [-0.39, 0.29) is 17.4 Å². The van der Waals surface area contributed by atoms with Gasteiger partial charge in [0.25, 0.3) is 0 Å². The number of hydrogen-bond acceptors (Lipinski definition) is 5. The molecular formula is C19H24ClN3O2S. The third-order valence-electron chi connectivity index (χ3n) is 4.77. The first kappa shape index (κ1) is 19.1. The van der Waals surface area contributed by atoms with E-state index in [0.717, 1.165) is 29.4 Å². The van der Waals surface area contributed by atoms with Crippen molar-refractivity contribution in [2.45, 2.75) is 39.3 Å². The quantitative estimate of drug-likeness (QED) is 0.844. The van der Waals surface area contributed by atoms with E-state index < -0.39 is 0 Å². The summed E-state index contributed by atoms with van der Waals surface area (Å²) in [5, 5.41) is 3.46. The second kappa shape index (κ2) is 7.94. The number of benzene rings is 1. The molecule has 5 nitrogen and oxygen atoms in total. The van der Waals surface area contributed by atoms with Crippen molar-refractivity contribution in [2.24, 2.45) is 11.1 Å². The summed E-state index contributed by atoms with van der Waals surface area (Å²) in [6.45, 7) is 6.04. The van der Waals surface area contributed by atoms with E-state index >= 15 is 0 Å². The molecule has 1 fully saturated rings. The van der Waals surface area contributed by atoms with E-state index in [1.165, 1.54) is 11.3 Å². The summed E-state index contributed by atoms with van der Waals surface area (Å²) in [6.07, 6.45) is 1.17. The van der Waals surface area contributed by atoms with Crippen molar-refractivity contribution in [1.82, 2.24) is 9.88 Å². The minimum atomic E-state index is -0.0481. The van der Waals surface area contributed by atoms with Crippen molar-refractivity contribution in [3.63, 3.8) is 0 Å². The van der Waals surface area contributed by atoms with Gasteiger partial charge in [0.15, 0.2) is 0 Å². The van der Waals surface area contributed by atoms with Crippen LogP contribution >= 0.6 is 22.9 Å². The van der Waals surface area contributed by atoms with Crippen molar-refractivity contribution in [3.05, 3.63) is 45.4 Å². The van der Waals surface area contributed by atoms with E-state index in [4.69, 9.17) is 22.1 Å². The van der Waals surface area contributed by atoms with Gasteiger partial charge in [0.1, 0.15) is 17.4 Å². The maximum absolute atomic E-state index is 12.6. The monoisotopic (exact) mass is 393 g/mol. The van der Waals surface area contributed by atoms with Crippen LogP contribution in [0.3, 0.4) is 0 Å². The van der Waals surface area contributed by atoms with Crippen molar-refractivity contribution in [3.8, 4) is 5.75 Å². The highest BCUT2D eigenvalue weighted by molar-refractivity contribution is 7.09. The lowest BCUT2D eigenvalue weighted by Crippen LogP contribution is -2.54. The number of halogens is 1. The van der Waals surface area contributed by atoms with Crippen LogP contribution in [0.25, 0.3) is 0 Å². The zero-order valence-corrected chi connectivity index (χ0v) is 16.6. The number of aromatic nitrogens is 1. The highest BCUT2D eigenvalue weighted by atomic mass is 35.5. The Morgan fingerprint density at radius 3 is 2.85 bits per heavy atom. The Morgan fingerprint density at radius 1 is 1.42 bits per heavy atom. The van der Waals surface area contributed by atoms with Crippen LogP contribution in [0.1, 0.15) is 31.0 Å². The molecular weight excluding hydrogens is 370 g/mol. The zero-order chi connectivity index (χ0) is 18.7. The fourth-order valence-electron chi connectivity index (χ4n) is 3.03. The minimum absolute atomic E-state index is 0.0481. The first-order valence-electron chi connectivity index (χ1n) is 8.68. The number of carbonyl (C=O) groups excluding carboxylic acids is 1. The van der Waals surface area contributed by atoms with E-state index in [2.05, 4.69) is 18.8 Å². The Bertz CT molecular complexity index is 760. The molecule has 0 aliphatic carbocycles. The van der Waals surface area contributed by atoms with Crippen LogP contribution < -0.4 is 10.5 Å². The average molecular weight is 394 g/mol. The van der Waals surface area contributed by atoms with Gasteiger partial charge >= 0.3 is 0 Å². The SMILES string of the molecule is CC1(C)CN(C(=O)Cc2csc(COc3ccc(Cl)cc3)n2)CCC1N. The summed E-state index contributed by atoms with van der Waals surface area (Å²) in [5.41, 5.74) is 6.90. The Morgan fingerprint density at radius 2 is 2.15 bits per heavy atom. The molecule has 7 heteroatoms. The normalized spacial score (nSPS) is 19.4. The number of thiazole rings is 1. The van der Waals surface area contributed by atoms with E-state index in [9.17, 15) is 4.79 Å². The van der Waals surface area contributed by atoms with Crippen molar-refractivity contribution in [1.29, 1.82) is 0 Å². The Labute approximate surface area is 163 Å². The maximum Gasteiger partial charge on any atom is 0.228 e. The van der Waals surface area contributed by atoms with Crippen LogP contribution in [0, 0.1) is 5.41 Å². The largest absolute Gasteiger partial charge is 0.486 e. The van der Waals surface area contributed by atoms with Crippen LogP contribution in [0.5, 0.6) is 5.75 Å². The van der Waals surface area contributed by atoms with Gasteiger partial charge in [-0.15, -0.1) is 11.3 Å². The Kier molecular flexibility index (Phi) is 5.85. The van der Waals surface area contributed by atoms with Gasteiger partial charge in [-0.2, -0.15) is 0 Å². The standard InChI is InChI=1S/C19H24ClN3O2S/c1-19(2)12-23(8-7-16(19)21)18(24)9-14-11-26-17(22-14)10-25-15-5-3-13(20)4-6-15/h3-6,11,16H,7-10,12,21H2,1-2H3. The molecule has 1 aromatic carbocycles. The first-order chi connectivity index (χ1) is 12.3. The van der Waals surface area contributed by atoms with Gasteiger partial charge in [0, 0.05) is 29.5 Å². The van der Waals surface area contributed by atoms with Crippen molar-refractivity contribution in [2.75, 3.05) is 13.1 Å². The van der Waals surface area contributed by atoms with Crippen LogP contribution in [0.4, 0.5) is 0 Å². The molecule has 0 spiro atoms. The molecule has 1 unspecified atom stereocenters. The van der Waals surface area contributed by atoms with Gasteiger partial charge in [-0.05, 0) is 36.1 Å². The van der Waals surface area contributed by atoms with Gasteiger partial charge in [0.2, 0.25) is 5.91 Å². The third kappa shape index (κ3) is 4.75. The van der Waals surface area contributed by atoms with Crippen LogP contribution in [-0.4, -0.2) is 34.9 Å². The predicted molar refractivity (Wildman–Crippen MR) is 105 cm³/mol. The molecule has 2 aromatic rings. The summed E-state index contributed by atoms with van der Waals surface area (Å²) in [7, 11) is 0. The Balaban J connectivity index is 1.53. The third-order valence-corrected chi connectivity index (χ3v) is 5.90. The average Bonchev–Trinajstić information content (AvgIpc) is 3.04. The number of carbonyl (C=O) groups is 1. The number of hydrogen-bond donors (Lipinski definition) is 1. The minimum Gasteiger partial charge on any atom is -0.486 e. The molecule has 1 aliphatic rings. The fraction of sp³-hybridized carbons (Fsp3) is 0.474. The summed E-state index contributed by atoms with van der Waals surface area (Å²) in [5.74, 6) is 0.856. The smallest absolute Gasteiger partial charge is 0.228 e. The number of amides is 1. The van der Waals surface area contributed by atoms with E-state index in [1.54, 1.807) is 12.1 Å². The molecule has 1 amide bonds. The van der Waals surface area contributed by atoms with Gasteiger partial charge in [-0.25, -0.2) is 4.98 Å². The molecule has 140 valence electrons. The topological polar surface area (TPSA) is 68.5 Å².